The first-order valence-corrected chi connectivity index (χ1v) is 11.4. The van der Waals surface area contributed by atoms with Crippen molar-refractivity contribution in [3.8, 4) is 0 Å². The van der Waals surface area contributed by atoms with E-state index >= 15 is 0 Å². The highest BCUT2D eigenvalue weighted by Gasteiger charge is 2.43. The lowest BCUT2D eigenvalue weighted by Crippen LogP contribution is -2.33. The van der Waals surface area contributed by atoms with E-state index < -0.39 is 5.92 Å². The Balaban J connectivity index is 1.60. The van der Waals surface area contributed by atoms with Crippen LogP contribution >= 0.6 is 0 Å². The van der Waals surface area contributed by atoms with Gasteiger partial charge in [-0.25, -0.2) is 0 Å². The fourth-order valence-electron chi connectivity index (χ4n) is 4.50. The van der Waals surface area contributed by atoms with Crippen molar-refractivity contribution in [2.24, 2.45) is 11.0 Å². The van der Waals surface area contributed by atoms with Gasteiger partial charge in [-0.05, 0) is 23.3 Å². The zero-order valence-electron chi connectivity index (χ0n) is 18.6. The topological polar surface area (TPSA) is 49.7 Å². The van der Waals surface area contributed by atoms with Gasteiger partial charge >= 0.3 is 0 Å². The Morgan fingerprint density at radius 3 is 1.88 bits per heavy atom. The van der Waals surface area contributed by atoms with Crippen LogP contribution in [0.4, 0.5) is 5.69 Å². The molecular formula is C30H24N2O2. The van der Waals surface area contributed by atoms with E-state index in [0.29, 0.717) is 17.0 Å². The van der Waals surface area contributed by atoms with Crippen LogP contribution in [0.1, 0.15) is 33.8 Å². The molecule has 1 heterocycles. The summed E-state index contributed by atoms with van der Waals surface area (Å²) in [4.78, 5) is 27.2. The number of ketones is 1. The molecule has 2 atom stereocenters. The largest absolute Gasteiger partial charge is 0.294 e. The monoisotopic (exact) mass is 444 g/mol. The molecule has 4 aromatic carbocycles. The van der Waals surface area contributed by atoms with Crippen molar-refractivity contribution >= 4 is 23.1 Å². The quantitative estimate of drug-likeness (QED) is 0.323. The number of carbonyl (C=O) groups is 2. The lowest BCUT2D eigenvalue weighted by atomic mass is 9.77. The van der Waals surface area contributed by atoms with Crippen LogP contribution in [0.15, 0.2) is 126 Å². The van der Waals surface area contributed by atoms with Crippen LogP contribution in [0.25, 0.3) is 0 Å². The van der Waals surface area contributed by atoms with Crippen LogP contribution in [0.3, 0.4) is 0 Å². The number of benzene rings is 4. The summed E-state index contributed by atoms with van der Waals surface area (Å²) in [5.41, 5.74) is 3.87. The third-order valence-electron chi connectivity index (χ3n) is 6.18. The smallest absolute Gasteiger partial charge is 0.257 e. The zero-order valence-corrected chi connectivity index (χ0v) is 18.6. The van der Waals surface area contributed by atoms with Crippen molar-refractivity contribution in [3.05, 3.63) is 138 Å². The molecule has 0 aromatic heterocycles. The third-order valence-corrected chi connectivity index (χ3v) is 6.18. The molecule has 4 nitrogen and oxygen atoms in total. The van der Waals surface area contributed by atoms with Crippen molar-refractivity contribution in [2.45, 2.75) is 12.3 Å². The highest BCUT2D eigenvalue weighted by atomic mass is 16.2. The normalized spacial score (nSPS) is 16.2. The Bertz CT molecular complexity index is 1300. The fraction of sp³-hybridized carbons (Fsp3) is 0.100. The molecule has 0 saturated carbocycles. The molecule has 0 fully saturated rings. The summed E-state index contributed by atoms with van der Waals surface area (Å²) >= 11 is 0. The number of rotatable bonds is 7. The number of hydrazone groups is 1. The number of hydrogen-bond acceptors (Lipinski definition) is 3. The van der Waals surface area contributed by atoms with Gasteiger partial charge in [0.15, 0.2) is 5.78 Å². The summed E-state index contributed by atoms with van der Waals surface area (Å²) in [5, 5.41) is 6.29. The van der Waals surface area contributed by atoms with E-state index in [0.717, 1.165) is 11.1 Å². The van der Waals surface area contributed by atoms with Crippen molar-refractivity contribution in [1.82, 2.24) is 0 Å². The minimum atomic E-state index is -0.585. The van der Waals surface area contributed by atoms with E-state index in [2.05, 4.69) is 0 Å². The average molecular weight is 445 g/mol. The molecule has 1 amide bonds. The van der Waals surface area contributed by atoms with Crippen LogP contribution in [-0.4, -0.2) is 17.4 Å². The van der Waals surface area contributed by atoms with Gasteiger partial charge in [0, 0.05) is 17.9 Å². The number of para-hydroxylation sites is 1. The summed E-state index contributed by atoms with van der Waals surface area (Å²) in [5.74, 6) is -1.06. The fourth-order valence-corrected chi connectivity index (χ4v) is 4.50. The van der Waals surface area contributed by atoms with Crippen LogP contribution in [0, 0.1) is 5.92 Å². The second kappa shape index (κ2) is 9.67. The minimum Gasteiger partial charge on any atom is -0.294 e. The average Bonchev–Trinajstić information content (AvgIpc) is 3.26. The third kappa shape index (κ3) is 4.30. The van der Waals surface area contributed by atoms with E-state index in [4.69, 9.17) is 5.10 Å². The minimum absolute atomic E-state index is 0.00725. The standard InChI is InChI=1S/C30H24N2O2/c33-27(23-15-7-2-8-16-23)21-26(22-13-5-1-6-14-22)28-29(24-17-9-3-10-18-24)31-32(30(28)34)25-19-11-4-12-20-25/h1-20,26,28H,21H2/t26-,28-/m0/s1. The van der Waals surface area contributed by atoms with E-state index in [1.165, 1.54) is 5.01 Å². The molecule has 0 radical (unpaired) electrons. The van der Waals surface area contributed by atoms with E-state index in [1.807, 2.05) is 121 Å². The van der Waals surface area contributed by atoms with Crippen molar-refractivity contribution in [3.63, 3.8) is 0 Å². The van der Waals surface area contributed by atoms with Crippen LogP contribution in [0.5, 0.6) is 0 Å². The van der Waals surface area contributed by atoms with E-state index in [9.17, 15) is 9.59 Å². The molecule has 0 saturated heterocycles. The molecule has 0 aliphatic carbocycles. The highest BCUT2D eigenvalue weighted by Crippen LogP contribution is 2.38. The number of carbonyl (C=O) groups excluding carboxylic acids is 2. The second-order valence-corrected chi connectivity index (χ2v) is 8.33. The first kappa shape index (κ1) is 21.5. The summed E-state index contributed by atoms with van der Waals surface area (Å²) in [6.07, 6.45) is 0.207. The second-order valence-electron chi connectivity index (χ2n) is 8.33. The molecule has 0 bridgehead atoms. The van der Waals surface area contributed by atoms with Crippen LogP contribution in [0.2, 0.25) is 0 Å². The molecule has 4 aromatic rings. The Hall–Kier alpha value is -4.31. The molecule has 5 rings (SSSR count). The van der Waals surface area contributed by atoms with Crippen LogP contribution < -0.4 is 5.01 Å². The summed E-state index contributed by atoms with van der Waals surface area (Å²) in [6.45, 7) is 0. The zero-order chi connectivity index (χ0) is 23.3. The Morgan fingerprint density at radius 2 is 1.26 bits per heavy atom. The highest BCUT2D eigenvalue weighted by molar-refractivity contribution is 6.22. The van der Waals surface area contributed by atoms with Gasteiger partial charge in [0.1, 0.15) is 0 Å². The van der Waals surface area contributed by atoms with Crippen molar-refractivity contribution in [2.75, 3.05) is 5.01 Å². The molecule has 34 heavy (non-hydrogen) atoms. The molecule has 0 spiro atoms. The number of hydrogen-bond donors (Lipinski definition) is 0. The first-order valence-electron chi connectivity index (χ1n) is 11.4. The van der Waals surface area contributed by atoms with Gasteiger partial charge in [0.05, 0.1) is 17.3 Å². The van der Waals surface area contributed by atoms with Gasteiger partial charge in [-0.3, -0.25) is 9.59 Å². The van der Waals surface area contributed by atoms with Crippen LogP contribution in [-0.2, 0) is 4.79 Å². The number of amides is 1. The maximum atomic E-state index is 13.9. The van der Waals surface area contributed by atoms with Gasteiger partial charge in [0.25, 0.3) is 5.91 Å². The summed E-state index contributed by atoms with van der Waals surface area (Å²) in [7, 11) is 0. The first-order chi connectivity index (χ1) is 16.7. The predicted molar refractivity (Wildman–Crippen MR) is 135 cm³/mol. The van der Waals surface area contributed by atoms with Gasteiger partial charge in [0.2, 0.25) is 0 Å². The van der Waals surface area contributed by atoms with Gasteiger partial charge in [-0.2, -0.15) is 10.1 Å². The maximum absolute atomic E-state index is 13.9. The Labute approximate surface area is 199 Å². The molecule has 0 unspecified atom stereocenters. The predicted octanol–water partition coefficient (Wildman–Crippen LogP) is 6.11. The molecule has 0 N–H and O–H groups in total. The molecular weight excluding hydrogens is 420 g/mol. The van der Waals surface area contributed by atoms with E-state index in [1.54, 1.807) is 0 Å². The molecule has 4 heteroatoms. The molecule has 166 valence electrons. The lowest BCUT2D eigenvalue weighted by Gasteiger charge is -2.24. The van der Waals surface area contributed by atoms with Gasteiger partial charge in [-0.15, -0.1) is 0 Å². The SMILES string of the molecule is O=C(C[C@@H](c1ccccc1)[C@@H]1C(=O)N(c2ccccc2)N=C1c1ccccc1)c1ccccc1. The van der Waals surface area contributed by atoms with Crippen molar-refractivity contribution in [1.29, 1.82) is 0 Å². The summed E-state index contributed by atoms with van der Waals surface area (Å²) in [6, 6.07) is 38.3. The number of Topliss-reactive ketones (excluding diaryl/α,β-unsaturated/α-hetero) is 1. The number of anilines is 1. The van der Waals surface area contributed by atoms with Crippen molar-refractivity contribution < 1.29 is 9.59 Å². The van der Waals surface area contributed by atoms with Gasteiger partial charge in [-0.1, -0.05) is 109 Å². The van der Waals surface area contributed by atoms with Gasteiger partial charge < -0.3 is 0 Å². The Kier molecular flexibility index (Phi) is 6.13. The molecule has 1 aliphatic rings. The number of nitrogens with zero attached hydrogens (tertiary/aromatic N) is 2. The Morgan fingerprint density at radius 1 is 0.735 bits per heavy atom. The van der Waals surface area contributed by atoms with E-state index in [-0.39, 0.29) is 24.0 Å². The maximum Gasteiger partial charge on any atom is 0.257 e. The lowest BCUT2D eigenvalue weighted by molar-refractivity contribution is -0.120. The molecule has 1 aliphatic heterocycles. The summed E-state index contributed by atoms with van der Waals surface area (Å²) < 4.78 is 0.